The summed E-state index contributed by atoms with van der Waals surface area (Å²) in [5.41, 5.74) is 0.717. The quantitative estimate of drug-likeness (QED) is 0.442. The number of hydrogen-bond donors (Lipinski definition) is 2. The lowest BCUT2D eigenvalue weighted by Gasteiger charge is -2.33. The molecule has 172 valence electrons. The number of nitrogens with one attached hydrogen (secondary N) is 2. The highest BCUT2D eigenvalue weighted by atomic mass is 35.5. The minimum Gasteiger partial charge on any atom is -0.352 e. The third-order valence-corrected chi connectivity index (χ3v) is 7.19. The van der Waals surface area contributed by atoms with Crippen molar-refractivity contribution in [2.24, 2.45) is 0 Å². The number of nitrogens with zero attached hydrogens (tertiary/aromatic N) is 2. The number of carbonyl (C=O) groups excluding carboxylic acids is 1. The van der Waals surface area contributed by atoms with Crippen molar-refractivity contribution < 1.29 is 18.1 Å². The maximum absolute atomic E-state index is 12.6. The lowest BCUT2D eigenvalue weighted by Crippen LogP contribution is -2.50. The predicted octanol–water partition coefficient (Wildman–Crippen LogP) is 2.70. The largest absolute Gasteiger partial charge is 0.352 e. The molecule has 2 aromatic carbocycles. The Balaban J connectivity index is 1.53. The summed E-state index contributed by atoms with van der Waals surface area (Å²) in [4.78, 5) is 24.8. The Morgan fingerprint density at radius 3 is 2.50 bits per heavy atom. The number of piperidine rings is 1. The number of rotatable bonds is 8. The third kappa shape index (κ3) is 6.26. The molecule has 3 rings (SSSR count). The summed E-state index contributed by atoms with van der Waals surface area (Å²) in [7, 11) is -4.14. The maximum atomic E-state index is 12.6. The van der Waals surface area contributed by atoms with Gasteiger partial charge in [0, 0.05) is 31.7 Å². The highest BCUT2D eigenvalue weighted by Crippen LogP contribution is 2.27. The summed E-state index contributed by atoms with van der Waals surface area (Å²) >= 11 is 5.74. The Kier molecular flexibility index (Phi) is 7.83. The Morgan fingerprint density at radius 1 is 1.22 bits per heavy atom. The van der Waals surface area contributed by atoms with Crippen LogP contribution in [0.15, 0.2) is 53.4 Å². The highest BCUT2D eigenvalue weighted by Gasteiger charge is 2.27. The van der Waals surface area contributed by atoms with Gasteiger partial charge in [0.25, 0.3) is 5.69 Å². The minimum absolute atomic E-state index is 0.0434. The molecule has 1 aliphatic rings. The smallest absolute Gasteiger partial charge is 0.289 e. The van der Waals surface area contributed by atoms with Gasteiger partial charge >= 0.3 is 0 Å². The zero-order valence-corrected chi connectivity index (χ0v) is 19.1. The van der Waals surface area contributed by atoms with Crippen molar-refractivity contribution >= 4 is 33.2 Å². The number of amides is 1. The topological polar surface area (TPSA) is 122 Å². The van der Waals surface area contributed by atoms with Crippen LogP contribution in [-0.4, -0.2) is 49.3 Å². The van der Waals surface area contributed by atoms with Crippen molar-refractivity contribution in [2.45, 2.75) is 43.3 Å². The van der Waals surface area contributed by atoms with E-state index < -0.39 is 32.6 Å². The van der Waals surface area contributed by atoms with E-state index in [1.807, 2.05) is 18.2 Å². The molecule has 0 radical (unpaired) electrons. The van der Waals surface area contributed by atoms with Crippen molar-refractivity contribution in [1.29, 1.82) is 0 Å². The maximum Gasteiger partial charge on any atom is 0.289 e. The zero-order valence-electron chi connectivity index (χ0n) is 17.5. The second kappa shape index (κ2) is 10.4. The Hall–Kier alpha value is -2.53. The Bertz CT molecular complexity index is 1070. The first kappa shape index (κ1) is 24.1. The van der Waals surface area contributed by atoms with Gasteiger partial charge in [-0.1, -0.05) is 41.9 Å². The van der Waals surface area contributed by atoms with Crippen molar-refractivity contribution in [3.63, 3.8) is 0 Å². The first-order chi connectivity index (χ1) is 15.2. The Morgan fingerprint density at radius 2 is 1.88 bits per heavy atom. The number of likely N-dealkylation sites (tertiary alicyclic amines) is 1. The van der Waals surface area contributed by atoms with Gasteiger partial charge in [0.1, 0.15) is 5.02 Å². The van der Waals surface area contributed by atoms with E-state index in [1.54, 1.807) is 0 Å². The van der Waals surface area contributed by atoms with Gasteiger partial charge in [0.05, 0.1) is 15.9 Å². The van der Waals surface area contributed by atoms with E-state index in [-0.39, 0.29) is 16.0 Å². The molecule has 1 saturated heterocycles. The fraction of sp³-hybridized carbons (Fsp3) is 0.381. The fourth-order valence-corrected chi connectivity index (χ4v) is 4.97. The number of carbonyl (C=O) groups is 1. The molecule has 0 bridgehead atoms. The molecule has 0 aromatic heterocycles. The van der Waals surface area contributed by atoms with Gasteiger partial charge in [-0.05, 0) is 37.5 Å². The van der Waals surface area contributed by atoms with Crippen LogP contribution in [0, 0.1) is 10.1 Å². The van der Waals surface area contributed by atoms with E-state index in [2.05, 4.69) is 27.1 Å². The van der Waals surface area contributed by atoms with Crippen LogP contribution in [0.4, 0.5) is 5.69 Å². The predicted molar refractivity (Wildman–Crippen MR) is 121 cm³/mol. The second-order valence-electron chi connectivity index (χ2n) is 7.76. The summed E-state index contributed by atoms with van der Waals surface area (Å²) in [6.45, 7) is 3.94. The first-order valence-corrected chi connectivity index (χ1v) is 12.0. The molecule has 1 atom stereocenters. The molecule has 9 nitrogen and oxygen atoms in total. The van der Waals surface area contributed by atoms with E-state index in [0.717, 1.165) is 50.7 Å². The number of halogens is 1. The third-order valence-electron chi connectivity index (χ3n) is 5.33. The summed E-state index contributed by atoms with van der Waals surface area (Å²) < 4.78 is 27.4. The average Bonchev–Trinajstić information content (AvgIpc) is 2.75. The zero-order chi connectivity index (χ0) is 23.3. The van der Waals surface area contributed by atoms with Gasteiger partial charge in [-0.3, -0.25) is 19.8 Å². The van der Waals surface area contributed by atoms with Gasteiger partial charge in [-0.2, -0.15) is 4.72 Å². The summed E-state index contributed by atoms with van der Waals surface area (Å²) in [6.07, 6.45) is 1.53. The van der Waals surface area contributed by atoms with Gasteiger partial charge < -0.3 is 5.32 Å². The lowest BCUT2D eigenvalue weighted by atomic mass is 10.0. The number of benzene rings is 2. The molecule has 2 aromatic rings. The van der Waals surface area contributed by atoms with Crippen LogP contribution in [0.5, 0.6) is 0 Å². The molecule has 0 saturated carbocycles. The molecular weight excluding hydrogens is 456 g/mol. The van der Waals surface area contributed by atoms with Crippen molar-refractivity contribution in [2.75, 3.05) is 13.1 Å². The monoisotopic (exact) mass is 480 g/mol. The van der Waals surface area contributed by atoms with Crippen molar-refractivity contribution in [1.82, 2.24) is 14.9 Å². The van der Waals surface area contributed by atoms with Crippen LogP contribution in [0.3, 0.4) is 0 Å². The van der Waals surface area contributed by atoms with E-state index in [0.29, 0.717) is 0 Å². The van der Waals surface area contributed by atoms with Crippen LogP contribution in [0.1, 0.15) is 25.3 Å². The van der Waals surface area contributed by atoms with Gasteiger partial charge in [-0.25, -0.2) is 8.42 Å². The van der Waals surface area contributed by atoms with Gasteiger partial charge in [0.2, 0.25) is 15.9 Å². The summed E-state index contributed by atoms with van der Waals surface area (Å²) in [5, 5.41) is 13.7. The van der Waals surface area contributed by atoms with Crippen LogP contribution < -0.4 is 10.0 Å². The molecule has 1 unspecified atom stereocenters. The molecule has 32 heavy (non-hydrogen) atoms. The number of hydrogen-bond acceptors (Lipinski definition) is 6. The van der Waals surface area contributed by atoms with Crippen molar-refractivity contribution in [3.05, 3.63) is 69.2 Å². The number of nitro benzene ring substituents is 1. The minimum atomic E-state index is -4.14. The molecule has 1 heterocycles. The Labute approximate surface area is 192 Å². The molecule has 11 heteroatoms. The van der Waals surface area contributed by atoms with E-state index in [9.17, 15) is 23.3 Å². The molecule has 0 aliphatic carbocycles. The molecule has 1 amide bonds. The van der Waals surface area contributed by atoms with Crippen LogP contribution >= 0.6 is 11.6 Å². The fourth-order valence-electron chi connectivity index (χ4n) is 3.56. The second-order valence-corrected chi connectivity index (χ2v) is 9.88. The average molecular weight is 481 g/mol. The van der Waals surface area contributed by atoms with E-state index in [1.165, 1.54) is 12.5 Å². The molecule has 2 N–H and O–H groups in total. The lowest BCUT2D eigenvalue weighted by molar-refractivity contribution is -0.384. The van der Waals surface area contributed by atoms with E-state index >= 15 is 0 Å². The van der Waals surface area contributed by atoms with Crippen LogP contribution in [0.25, 0.3) is 0 Å². The normalized spacial score (nSPS) is 16.4. The van der Waals surface area contributed by atoms with E-state index in [4.69, 9.17) is 11.6 Å². The molecule has 1 fully saturated rings. The van der Waals surface area contributed by atoms with Gasteiger partial charge in [-0.15, -0.1) is 0 Å². The molecule has 1 aliphatic heterocycles. The van der Waals surface area contributed by atoms with Crippen molar-refractivity contribution in [3.8, 4) is 0 Å². The summed E-state index contributed by atoms with van der Waals surface area (Å²) in [6, 6.07) is 12.2. The summed E-state index contributed by atoms with van der Waals surface area (Å²) in [5.74, 6) is -0.446. The highest BCUT2D eigenvalue weighted by molar-refractivity contribution is 7.89. The molecule has 0 spiro atoms. The molecular formula is C21H25ClN4O5S. The van der Waals surface area contributed by atoms with Crippen LogP contribution in [0.2, 0.25) is 5.02 Å². The standard InChI is InChI=1S/C21H25ClN4O5S/c1-15(24-32(30,31)18-7-8-19(22)20(13-18)26(28)29)21(27)23-17-9-11-25(12-10-17)14-16-5-3-2-4-6-16/h2-8,13,15,17,24H,9-12,14H2,1H3,(H,23,27). The number of sulfonamides is 1. The van der Waals surface area contributed by atoms with Crippen LogP contribution in [-0.2, 0) is 21.4 Å². The SMILES string of the molecule is CC(NS(=O)(=O)c1ccc(Cl)c([N+](=O)[O-])c1)C(=O)NC1CCN(Cc2ccccc2)CC1. The first-order valence-electron chi connectivity index (χ1n) is 10.2. The van der Waals surface area contributed by atoms with Gasteiger partial charge in [0.15, 0.2) is 0 Å². The number of nitro groups is 1.